The molecule has 48 heavy (non-hydrogen) atoms. The van der Waals surface area contributed by atoms with E-state index in [1.54, 1.807) is 36.4 Å². The summed E-state index contributed by atoms with van der Waals surface area (Å²) in [6.45, 7) is 5.47. The van der Waals surface area contributed by atoms with Gasteiger partial charge in [-0.1, -0.05) is 73.1 Å². The largest absolute Gasteiger partial charge is 0.493 e. The molecule has 4 aromatic carbocycles. The topological polar surface area (TPSA) is 105 Å². The molecule has 1 unspecified atom stereocenters. The van der Waals surface area contributed by atoms with Crippen LogP contribution in [0.1, 0.15) is 35.6 Å². The van der Waals surface area contributed by atoms with E-state index >= 15 is 0 Å². The predicted octanol–water partition coefficient (Wildman–Crippen LogP) is 6.34. The van der Waals surface area contributed by atoms with E-state index in [4.69, 9.17) is 21.1 Å². The number of hydrogen-bond donors (Lipinski definition) is 1. The molecule has 0 aliphatic rings. The van der Waals surface area contributed by atoms with Gasteiger partial charge in [0.25, 0.3) is 10.0 Å². The zero-order valence-corrected chi connectivity index (χ0v) is 29.5. The minimum Gasteiger partial charge on any atom is -0.493 e. The standard InChI is InChI=1S/C37H42ClN3O6S/c1-6-18-39-37(43)33(22-28-12-8-7-9-13-28)40(24-29-14-10-11-15-32(29)38)36(42)25-41(30-20-26(2)19-27(3)21-30)48(44,45)31-16-17-34(46-4)35(23-31)47-5/h7-17,19-21,23,33H,6,18,22,24-25H2,1-5H3,(H,39,43). The molecule has 9 nitrogen and oxygen atoms in total. The van der Waals surface area contributed by atoms with Gasteiger partial charge >= 0.3 is 0 Å². The Morgan fingerprint density at radius 2 is 1.50 bits per heavy atom. The summed E-state index contributed by atoms with van der Waals surface area (Å²) in [6.07, 6.45) is 0.908. The number of carbonyl (C=O) groups excluding carboxylic acids is 2. The third-order valence-electron chi connectivity index (χ3n) is 7.84. The molecule has 4 rings (SSSR count). The van der Waals surface area contributed by atoms with Gasteiger partial charge in [0.2, 0.25) is 11.8 Å². The average molecular weight is 692 g/mol. The number of amides is 2. The summed E-state index contributed by atoms with van der Waals surface area (Å²) in [5, 5.41) is 3.37. The van der Waals surface area contributed by atoms with E-state index in [-0.39, 0.29) is 29.5 Å². The molecule has 1 N–H and O–H groups in total. The summed E-state index contributed by atoms with van der Waals surface area (Å²) < 4.78 is 40.8. The highest BCUT2D eigenvalue weighted by atomic mass is 35.5. The maximum atomic E-state index is 14.7. The van der Waals surface area contributed by atoms with Crippen LogP contribution in [0.25, 0.3) is 0 Å². The zero-order chi connectivity index (χ0) is 34.8. The van der Waals surface area contributed by atoms with Crippen molar-refractivity contribution in [1.82, 2.24) is 10.2 Å². The molecule has 0 spiro atoms. The molecule has 11 heteroatoms. The van der Waals surface area contributed by atoms with Crippen molar-refractivity contribution in [2.24, 2.45) is 0 Å². The van der Waals surface area contributed by atoms with Gasteiger partial charge in [0.1, 0.15) is 12.6 Å². The summed E-state index contributed by atoms with van der Waals surface area (Å²) in [6, 6.07) is 25.2. The van der Waals surface area contributed by atoms with Gasteiger partial charge in [-0.2, -0.15) is 0 Å². The average Bonchev–Trinajstić information content (AvgIpc) is 3.07. The number of rotatable bonds is 15. The van der Waals surface area contributed by atoms with E-state index < -0.39 is 28.5 Å². The third kappa shape index (κ3) is 8.87. The second kappa shape index (κ2) is 16.5. The number of hydrogen-bond acceptors (Lipinski definition) is 6. The molecule has 0 fully saturated rings. The lowest BCUT2D eigenvalue weighted by Gasteiger charge is -2.34. The summed E-state index contributed by atoms with van der Waals surface area (Å²) in [5.74, 6) is -0.341. The number of nitrogens with zero attached hydrogens (tertiary/aromatic N) is 2. The molecule has 4 aromatic rings. The second-order valence-corrected chi connectivity index (χ2v) is 13.8. The summed E-state index contributed by atoms with van der Waals surface area (Å²) in [4.78, 5) is 29.8. The number of anilines is 1. The lowest BCUT2D eigenvalue weighted by Crippen LogP contribution is -2.53. The number of methoxy groups -OCH3 is 2. The van der Waals surface area contributed by atoms with Crippen molar-refractivity contribution < 1.29 is 27.5 Å². The quantitative estimate of drug-likeness (QED) is 0.156. The maximum absolute atomic E-state index is 14.7. The van der Waals surface area contributed by atoms with Crippen LogP contribution in [-0.4, -0.2) is 58.5 Å². The number of sulfonamides is 1. The monoisotopic (exact) mass is 691 g/mol. The van der Waals surface area contributed by atoms with Crippen molar-refractivity contribution in [1.29, 1.82) is 0 Å². The maximum Gasteiger partial charge on any atom is 0.264 e. The first kappa shape index (κ1) is 36.3. The lowest BCUT2D eigenvalue weighted by atomic mass is 10.0. The van der Waals surface area contributed by atoms with Crippen molar-refractivity contribution in [2.45, 2.75) is 51.1 Å². The number of ether oxygens (including phenoxy) is 2. The fourth-order valence-electron chi connectivity index (χ4n) is 5.46. The number of carbonyl (C=O) groups is 2. The highest BCUT2D eigenvalue weighted by Gasteiger charge is 2.35. The van der Waals surface area contributed by atoms with Crippen LogP contribution >= 0.6 is 11.6 Å². The first-order chi connectivity index (χ1) is 23.0. The molecular weight excluding hydrogens is 650 g/mol. The second-order valence-electron chi connectivity index (χ2n) is 11.5. The van der Waals surface area contributed by atoms with Crippen molar-refractivity contribution in [3.63, 3.8) is 0 Å². The van der Waals surface area contributed by atoms with Crippen molar-refractivity contribution in [2.75, 3.05) is 31.6 Å². The van der Waals surface area contributed by atoms with Gasteiger partial charge in [-0.3, -0.25) is 13.9 Å². The van der Waals surface area contributed by atoms with E-state index in [0.29, 0.717) is 35.0 Å². The number of nitrogens with one attached hydrogen (secondary N) is 1. The Hall–Kier alpha value is -4.54. The van der Waals surface area contributed by atoms with E-state index in [0.717, 1.165) is 21.0 Å². The zero-order valence-electron chi connectivity index (χ0n) is 27.9. The Morgan fingerprint density at radius 1 is 0.854 bits per heavy atom. The number of aryl methyl sites for hydroxylation is 2. The van der Waals surface area contributed by atoms with Gasteiger partial charge in [-0.15, -0.1) is 0 Å². The Labute approximate surface area is 288 Å². The molecular formula is C37H42ClN3O6S. The Bertz CT molecular complexity index is 1810. The van der Waals surface area contributed by atoms with E-state index in [2.05, 4.69) is 5.32 Å². The molecule has 254 valence electrons. The van der Waals surface area contributed by atoms with Gasteiger partial charge in [-0.25, -0.2) is 8.42 Å². The Kier molecular flexibility index (Phi) is 12.5. The van der Waals surface area contributed by atoms with Crippen LogP contribution in [-0.2, 0) is 32.6 Å². The minimum atomic E-state index is -4.35. The molecule has 0 bridgehead atoms. The smallest absolute Gasteiger partial charge is 0.264 e. The summed E-state index contributed by atoms with van der Waals surface area (Å²) in [7, 11) is -1.47. The van der Waals surface area contributed by atoms with Crippen LogP contribution in [0.4, 0.5) is 5.69 Å². The lowest BCUT2D eigenvalue weighted by molar-refractivity contribution is -0.140. The molecule has 0 saturated carbocycles. The van der Waals surface area contributed by atoms with Gasteiger partial charge in [0.15, 0.2) is 11.5 Å². The molecule has 1 atom stereocenters. The number of halogens is 1. The molecule has 0 aliphatic carbocycles. The van der Waals surface area contributed by atoms with E-state index in [1.807, 2.05) is 57.2 Å². The van der Waals surface area contributed by atoms with Gasteiger partial charge in [0.05, 0.1) is 24.8 Å². The normalized spacial score (nSPS) is 11.8. The van der Waals surface area contributed by atoms with Crippen molar-refractivity contribution in [3.8, 4) is 11.5 Å². The summed E-state index contributed by atoms with van der Waals surface area (Å²) >= 11 is 6.58. The minimum absolute atomic E-state index is 0.0212. The van der Waals surface area contributed by atoms with Crippen LogP contribution in [0, 0.1) is 13.8 Å². The molecule has 0 saturated heterocycles. The van der Waals surface area contributed by atoms with Crippen LogP contribution < -0.4 is 19.1 Å². The fourth-order valence-corrected chi connectivity index (χ4v) is 7.07. The van der Waals surface area contributed by atoms with E-state index in [1.165, 1.54) is 37.3 Å². The predicted molar refractivity (Wildman–Crippen MR) is 189 cm³/mol. The van der Waals surface area contributed by atoms with Crippen molar-refractivity contribution in [3.05, 3.63) is 118 Å². The Balaban J connectivity index is 1.85. The van der Waals surface area contributed by atoms with Crippen LogP contribution in [0.2, 0.25) is 5.02 Å². The first-order valence-corrected chi connectivity index (χ1v) is 17.5. The van der Waals surface area contributed by atoms with Crippen LogP contribution in [0.3, 0.4) is 0 Å². The van der Waals surface area contributed by atoms with Gasteiger partial charge in [-0.05, 0) is 72.9 Å². The van der Waals surface area contributed by atoms with Crippen LogP contribution in [0.5, 0.6) is 11.5 Å². The third-order valence-corrected chi connectivity index (χ3v) is 9.97. The number of benzene rings is 4. The van der Waals surface area contributed by atoms with Gasteiger partial charge < -0.3 is 19.7 Å². The highest BCUT2D eigenvalue weighted by molar-refractivity contribution is 7.92. The molecule has 0 radical (unpaired) electrons. The Morgan fingerprint density at radius 3 is 2.12 bits per heavy atom. The summed E-state index contributed by atoms with van der Waals surface area (Å²) in [5.41, 5.74) is 3.41. The fraction of sp³-hybridized carbons (Fsp3) is 0.297. The molecule has 0 aliphatic heterocycles. The highest BCUT2D eigenvalue weighted by Crippen LogP contribution is 2.33. The molecule has 0 heterocycles. The molecule has 2 amide bonds. The SMILES string of the molecule is CCCNC(=O)C(Cc1ccccc1)N(Cc1ccccc1Cl)C(=O)CN(c1cc(C)cc(C)c1)S(=O)(=O)c1ccc(OC)c(OC)c1. The van der Waals surface area contributed by atoms with E-state index in [9.17, 15) is 18.0 Å². The first-order valence-electron chi connectivity index (χ1n) is 15.7. The molecule has 0 aromatic heterocycles. The van der Waals surface area contributed by atoms with Crippen LogP contribution in [0.15, 0.2) is 95.9 Å². The van der Waals surface area contributed by atoms with Gasteiger partial charge in [0, 0.05) is 30.6 Å². The van der Waals surface area contributed by atoms with Crippen molar-refractivity contribution >= 4 is 39.1 Å².